The Kier molecular flexibility index (Phi) is 4.76. The van der Waals surface area contributed by atoms with Gasteiger partial charge in [0.1, 0.15) is 0 Å². The highest BCUT2D eigenvalue weighted by Crippen LogP contribution is 2.37. The highest BCUT2D eigenvalue weighted by molar-refractivity contribution is 5.77. The maximum Gasteiger partial charge on any atom is 0.224 e. The van der Waals surface area contributed by atoms with Gasteiger partial charge in [0.15, 0.2) is 11.6 Å². The first-order chi connectivity index (χ1) is 11.1. The van der Waals surface area contributed by atoms with Gasteiger partial charge >= 0.3 is 0 Å². The molecular formula is C18H22F2N2O. The molecule has 2 unspecified atom stereocenters. The molecule has 2 aliphatic rings. The van der Waals surface area contributed by atoms with Crippen molar-refractivity contribution in [1.82, 2.24) is 4.90 Å². The summed E-state index contributed by atoms with van der Waals surface area (Å²) in [5.74, 6) is -1.68. The average Bonchev–Trinajstić information content (AvgIpc) is 2.74. The second-order valence-electron chi connectivity index (χ2n) is 6.41. The molecule has 2 N–H and O–H groups in total. The number of aryl methyl sites for hydroxylation is 1. The smallest absolute Gasteiger partial charge is 0.224 e. The van der Waals surface area contributed by atoms with Crippen LogP contribution in [-0.2, 0) is 11.2 Å². The van der Waals surface area contributed by atoms with E-state index in [1.807, 2.05) is 4.90 Å². The van der Waals surface area contributed by atoms with Crippen molar-refractivity contribution in [1.29, 1.82) is 0 Å². The van der Waals surface area contributed by atoms with Crippen molar-refractivity contribution in [2.24, 2.45) is 5.73 Å². The van der Waals surface area contributed by atoms with E-state index in [4.69, 9.17) is 5.73 Å². The molecule has 0 fully saturated rings. The number of amides is 1. The van der Waals surface area contributed by atoms with E-state index in [0.717, 1.165) is 43.5 Å². The third-order valence-electron chi connectivity index (χ3n) is 4.88. The maximum absolute atomic E-state index is 13.5. The number of nitrogens with zero attached hydrogens (tertiary/aromatic N) is 1. The van der Waals surface area contributed by atoms with Crippen LogP contribution in [0.3, 0.4) is 0 Å². The van der Waals surface area contributed by atoms with Crippen molar-refractivity contribution in [2.45, 2.75) is 44.1 Å². The molecule has 0 bridgehead atoms. The molecule has 3 nitrogen and oxygen atoms in total. The minimum Gasteiger partial charge on any atom is -0.342 e. The van der Waals surface area contributed by atoms with Crippen LogP contribution in [0.1, 0.15) is 42.7 Å². The number of benzene rings is 1. The summed E-state index contributed by atoms with van der Waals surface area (Å²) in [5, 5.41) is 0. The molecule has 0 aromatic heterocycles. The monoisotopic (exact) mass is 320 g/mol. The van der Waals surface area contributed by atoms with Gasteiger partial charge in [0, 0.05) is 31.5 Å². The van der Waals surface area contributed by atoms with E-state index in [1.165, 1.54) is 12.1 Å². The summed E-state index contributed by atoms with van der Waals surface area (Å²) < 4.78 is 26.8. The van der Waals surface area contributed by atoms with Crippen molar-refractivity contribution in [2.75, 3.05) is 13.1 Å². The van der Waals surface area contributed by atoms with E-state index in [2.05, 4.69) is 12.2 Å². The molecule has 1 aliphatic heterocycles. The summed E-state index contributed by atoms with van der Waals surface area (Å²) in [6, 6.07) is 2.16. The van der Waals surface area contributed by atoms with Gasteiger partial charge < -0.3 is 10.6 Å². The van der Waals surface area contributed by atoms with E-state index in [0.29, 0.717) is 6.42 Å². The summed E-state index contributed by atoms with van der Waals surface area (Å²) in [7, 11) is 0. The summed E-state index contributed by atoms with van der Waals surface area (Å²) in [4.78, 5) is 14.3. The lowest BCUT2D eigenvalue weighted by Crippen LogP contribution is -2.38. The van der Waals surface area contributed by atoms with Gasteiger partial charge in [-0.25, -0.2) is 8.78 Å². The van der Waals surface area contributed by atoms with Crippen LogP contribution in [0, 0.1) is 11.6 Å². The van der Waals surface area contributed by atoms with Crippen molar-refractivity contribution >= 4 is 5.91 Å². The quantitative estimate of drug-likeness (QED) is 0.871. The third kappa shape index (κ3) is 3.44. The van der Waals surface area contributed by atoms with Crippen LogP contribution in [-0.4, -0.2) is 29.9 Å². The molecular weight excluding hydrogens is 298 g/mol. The van der Waals surface area contributed by atoms with Crippen LogP contribution in [0.2, 0.25) is 0 Å². The zero-order valence-corrected chi connectivity index (χ0v) is 13.1. The van der Waals surface area contributed by atoms with Gasteiger partial charge in [-0.2, -0.15) is 0 Å². The first-order valence-electron chi connectivity index (χ1n) is 8.22. The summed E-state index contributed by atoms with van der Waals surface area (Å²) in [5.41, 5.74) is 7.83. The molecule has 2 atom stereocenters. The van der Waals surface area contributed by atoms with Crippen LogP contribution in [0.25, 0.3) is 0 Å². The molecule has 1 amide bonds. The highest BCUT2D eigenvalue weighted by atomic mass is 19.2. The molecule has 1 aliphatic carbocycles. The number of carbonyl (C=O) groups excluding carboxylic acids is 1. The Bertz CT molecular complexity index is 620. The predicted molar refractivity (Wildman–Crippen MR) is 85.0 cm³/mol. The lowest BCUT2D eigenvalue weighted by atomic mass is 9.91. The second kappa shape index (κ2) is 6.79. The highest BCUT2D eigenvalue weighted by Gasteiger charge is 2.31. The lowest BCUT2D eigenvalue weighted by molar-refractivity contribution is -0.131. The van der Waals surface area contributed by atoms with Crippen LogP contribution in [0.5, 0.6) is 0 Å². The normalized spacial score (nSPS) is 21.9. The molecule has 1 heterocycles. The first-order valence-corrected chi connectivity index (χ1v) is 8.22. The summed E-state index contributed by atoms with van der Waals surface area (Å²) >= 11 is 0. The Balaban J connectivity index is 1.67. The molecule has 1 aromatic rings. The molecule has 3 rings (SSSR count). The van der Waals surface area contributed by atoms with Crippen molar-refractivity contribution in [3.63, 3.8) is 0 Å². The largest absolute Gasteiger partial charge is 0.342 e. The number of hydrogen-bond donors (Lipinski definition) is 1. The topological polar surface area (TPSA) is 46.3 Å². The van der Waals surface area contributed by atoms with Gasteiger partial charge in [-0.05, 0) is 48.9 Å². The van der Waals surface area contributed by atoms with E-state index in [-0.39, 0.29) is 24.3 Å². The van der Waals surface area contributed by atoms with E-state index >= 15 is 0 Å². The Morgan fingerprint density at radius 3 is 2.57 bits per heavy atom. The number of halogens is 2. The molecule has 0 saturated carbocycles. The van der Waals surface area contributed by atoms with Crippen LogP contribution in [0.4, 0.5) is 8.78 Å². The van der Waals surface area contributed by atoms with Gasteiger partial charge in [-0.15, -0.1) is 0 Å². The molecule has 23 heavy (non-hydrogen) atoms. The van der Waals surface area contributed by atoms with E-state index < -0.39 is 11.6 Å². The zero-order chi connectivity index (χ0) is 16.4. The molecule has 0 saturated heterocycles. The number of nitrogens with two attached hydrogens (primary N) is 1. The molecule has 0 radical (unpaired) electrons. The zero-order valence-electron chi connectivity index (χ0n) is 13.1. The van der Waals surface area contributed by atoms with Gasteiger partial charge in [-0.1, -0.05) is 12.2 Å². The minimum absolute atomic E-state index is 0.0530. The van der Waals surface area contributed by atoms with Gasteiger partial charge in [-0.3, -0.25) is 4.79 Å². The minimum atomic E-state index is -0.840. The Hall–Kier alpha value is -1.75. The molecule has 1 aromatic carbocycles. The second-order valence-corrected chi connectivity index (χ2v) is 6.41. The summed E-state index contributed by atoms with van der Waals surface area (Å²) in [6.45, 7) is 1.45. The number of hydrogen-bond acceptors (Lipinski definition) is 2. The van der Waals surface area contributed by atoms with Crippen LogP contribution < -0.4 is 5.73 Å². The first kappa shape index (κ1) is 16.1. The number of fused-ring (bicyclic) bond motifs is 1. The van der Waals surface area contributed by atoms with Crippen LogP contribution >= 0.6 is 0 Å². The fraction of sp³-hybridized carbons (Fsp3) is 0.500. The molecule has 0 spiro atoms. The Labute approximate surface area is 135 Å². The van der Waals surface area contributed by atoms with Crippen LogP contribution in [0.15, 0.2) is 24.3 Å². The van der Waals surface area contributed by atoms with E-state index in [1.54, 1.807) is 0 Å². The SMILES string of the molecule is NC(CC(=O)N1CCC=CCC1)C1CCc2cc(F)c(F)cc21. The Morgan fingerprint density at radius 1 is 1.22 bits per heavy atom. The van der Waals surface area contributed by atoms with Crippen molar-refractivity contribution in [3.05, 3.63) is 47.0 Å². The fourth-order valence-corrected chi connectivity index (χ4v) is 3.61. The Morgan fingerprint density at radius 2 is 1.87 bits per heavy atom. The number of rotatable bonds is 3. The maximum atomic E-state index is 13.5. The number of carbonyl (C=O) groups is 1. The van der Waals surface area contributed by atoms with Crippen molar-refractivity contribution < 1.29 is 13.6 Å². The lowest BCUT2D eigenvalue weighted by Gasteiger charge is -2.25. The molecule has 124 valence electrons. The van der Waals surface area contributed by atoms with Gasteiger partial charge in [0.25, 0.3) is 0 Å². The van der Waals surface area contributed by atoms with Crippen molar-refractivity contribution in [3.8, 4) is 0 Å². The van der Waals surface area contributed by atoms with Gasteiger partial charge in [0.05, 0.1) is 0 Å². The third-order valence-corrected chi connectivity index (χ3v) is 4.88. The standard InChI is InChI=1S/C18H22F2N2O/c19-15-9-12-5-6-13(14(12)10-16(15)20)17(21)11-18(23)22-7-3-1-2-4-8-22/h1-2,9-10,13,17H,3-8,11,21H2. The summed E-state index contributed by atoms with van der Waals surface area (Å²) in [6.07, 6.45) is 7.62. The van der Waals surface area contributed by atoms with E-state index in [9.17, 15) is 13.6 Å². The predicted octanol–water partition coefficient (Wildman–Crippen LogP) is 2.89. The molecule has 5 heteroatoms. The fourth-order valence-electron chi connectivity index (χ4n) is 3.61. The van der Waals surface area contributed by atoms with Gasteiger partial charge in [0.2, 0.25) is 5.91 Å². The average molecular weight is 320 g/mol.